The van der Waals surface area contributed by atoms with Crippen LogP contribution < -0.4 is 14.8 Å². The highest BCUT2D eigenvalue weighted by atomic mass is 16.5. The molecule has 1 aliphatic heterocycles. The van der Waals surface area contributed by atoms with Crippen molar-refractivity contribution in [3.05, 3.63) is 84.7 Å². The minimum absolute atomic E-state index is 0.103. The standard InChI is InChI=1S/C23H23N3O3/c27-23(25-20-7-4-12-24-13-20)26-14-19(15-26)17-29-22-10-8-21(9-11-22)28-16-18-5-2-1-3-6-18/h1-13,19H,14-17H2,(H,25,27). The second kappa shape index (κ2) is 9.10. The van der Waals surface area contributed by atoms with Crippen molar-refractivity contribution in [1.29, 1.82) is 0 Å². The smallest absolute Gasteiger partial charge is 0.321 e. The number of carbonyl (C=O) groups excluding carboxylic acids is 1. The van der Waals surface area contributed by atoms with Gasteiger partial charge in [0.05, 0.1) is 18.5 Å². The Morgan fingerprint density at radius 2 is 1.69 bits per heavy atom. The van der Waals surface area contributed by atoms with E-state index in [0.29, 0.717) is 37.9 Å². The lowest BCUT2D eigenvalue weighted by Crippen LogP contribution is -2.53. The molecule has 1 N–H and O–H groups in total. The third-order valence-electron chi connectivity index (χ3n) is 4.71. The number of nitrogens with one attached hydrogen (secondary N) is 1. The van der Waals surface area contributed by atoms with E-state index in [-0.39, 0.29) is 6.03 Å². The second-order valence-electron chi connectivity index (χ2n) is 7.00. The third kappa shape index (κ3) is 5.25. The van der Waals surface area contributed by atoms with Crippen LogP contribution in [0.5, 0.6) is 11.5 Å². The van der Waals surface area contributed by atoms with Crippen LogP contribution in [0.2, 0.25) is 0 Å². The molecular weight excluding hydrogens is 366 g/mol. The number of urea groups is 1. The molecule has 1 aliphatic rings. The fraction of sp³-hybridized carbons (Fsp3) is 0.217. The van der Waals surface area contributed by atoms with Crippen LogP contribution in [0.4, 0.5) is 10.5 Å². The minimum atomic E-state index is -0.103. The summed E-state index contributed by atoms with van der Waals surface area (Å²) in [5.41, 5.74) is 1.83. The molecule has 0 unspecified atom stereocenters. The van der Waals surface area contributed by atoms with Crippen LogP contribution >= 0.6 is 0 Å². The van der Waals surface area contributed by atoms with Crippen molar-refractivity contribution in [2.75, 3.05) is 25.0 Å². The molecular formula is C23H23N3O3. The van der Waals surface area contributed by atoms with Crippen molar-refractivity contribution in [2.45, 2.75) is 6.61 Å². The summed E-state index contributed by atoms with van der Waals surface area (Å²) in [7, 11) is 0. The predicted molar refractivity (Wildman–Crippen MR) is 111 cm³/mol. The number of nitrogens with zero attached hydrogens (tertiary/aromatic N) is 2. The Hall–Kier alpha value is -3.54. The van der Waals surface area contributed by atoms with Crippen LogP contribution in [0.1, 0.15) is 5.56 Å². The Kier molecular flexibility index (Phi) is 5.90. The second-order valence-corrected chi connectivity index (χ2v) is 7.00. The Morgan fingerprint density at radius 3 is 2.38 bits per heavy atom. The van der Waals surface area contributed by atoms with Crippen LogP contribution in [-0.4, -0.2) is 35.6 Å². The maximum absolute atomic E-state index is 12.1. The van der Waals surface area contributed by atoms with E-state index >= 15 is 0 Å². The molecule has 0 saturated carbocycles. The van der Waals surface area contributed by atoms with Crippen LogP contribution in [-0.2, 0) is 6.61 Å². The largest absolute Gasteiger partial charge is 0.493 e. The van der Waals surface area contributed by atoms with Crippen LogP contribution in [0.25, 0.3) is 0 Å². The number of hydrogen-bond donors (Lipinski definition) is 1. The van der Waals surface area contributed by atoms with Crippen LogP contribution in [0.15, 0.2) is 79.1 Å². The lowest BCUT2D eigenvalue weighted by molar-refractivity contribution is 0.0924. The molecule has 0 radical (unpaired) electrons. The number of likely N-dealkylation sites (tertiary alicyclic amines) is 1. The number of hydrogen-bond acceptors (Lipinski definition) is 4. The first kappa shape index (κ1) is 18.8. The average molecular weight is 389 g/mol. The van der Waals surface area contributed by atoms with Gasteiger partial charge in [0, 0.05) is 25.2 Å². The summed E-state index contributed by atoms with van der Waals surface area (Å²) in [6.45, 7) is 2.50. The molecule has 6 heteroatoms. The number of carbonyl (C=O) groups is 1. The first-order chi connectivity index (χ1) is 14.3. The lowest BCUT2D eigenvalue weighted by atomic mass is 10.0. The quantitative estimate of drug-likeness (QED) is 0.658. The van der Waals surface area contributed by atoms with E-state index in [1.807, 2.05) is 60.7 Å². The number of pyridine rings is 1. The monoisotopic (exact) mass is 389 g/mol. The summed E-state index contributed by atoms with van der Waals surface area (Å²) in [6, 6.07) is 21.2. The SMILES string of the molecule is O=C(Nc1cccnc1)N1CC(COc2ccc(OCc3ccccc3)cc2)C1. The van der Waals surface area contributed by atoms with Crippen molar-refractivity contribution in [3.8, 4) is 11.5 Å². The van der Waals surface area contributed by atoms with E-state index in [4.69, 9.17) is 9.47 Å². The van der Waals surface area contributed by atoms with E-state index in [1.165, 1.54) is 0 Å². The molecule has 0 spiro atoms. The highest BCUT2D eigenvalue weighted by Crippen LogP contribution is 2.22. The van der Waals surface area contributed by atoms with Gasteiger partial charge in [-0.2, -0.15) is 0 Å². The molecule has 0 aliphatic carbocycles. The summed E-state index contributed by atoms with van der Waals surface area (Å²) in [5.74, 6) is 1.95. The summed E-state index contributed by atoms with van der Waals surface area (Å²) >= 11 is 0. The van der Waals surface area contributed by atoms with Gasteiger partial charge in [-0.05, 0) is 42.0 Å². The van der Waals surface area contributed by atoms with Gasteiger partial charge in [-0.3, -0.25) is 4.98 Å². The van der Waals surface area contributed by atoms with Gasteiger partial charge in [0.2, 0.25) is 0 Å². The molecule has 0 bridgehead atoms. The van der Waals surface area contributed by atoms with Crippen molar-refractivity contribution < 1.29 is 14.3 Å². The molecule has 0 atom stereocenters. The van der Waals surface area contributed by atoms with Gasteiger partial charge in [-0.25, -0.2) is 4.79 Å². The fourth-order valence-electron chi connectivity index (χ4n) is 3.07. The topological polar surface area (TPSA) is 63.7 Å². The fourth-order valence-corrected chi connectivity index (χ4v) is 3.07. The molecule has 3 aromatic rings. The molecule has 29 heavy (non-hydrogen) atoms. The molecule has 4 rings (SSSR count). The highest BCUT2D eigenvalue weighted by Gasteiger charge is 2.31. The predicted octanol–water partition coefficient (Wildman–Crippen LogP) is 4.20. The zero-order valence-corrected chi connectivity index (χ0v) is 16.0. The molecule has 1 fully saturated rings. The number of benzene rings is 2. The average Bonchev–Trinajstić information content (AvgIpc) is 2.73. The van der Waals surface area contributed by atoms with Gasteiger partial charge in [-0.1, -0.05) is 30.3 Å². The molecule has 2 heterocycles. The molecule has 148 valence electrons. The molecule has 2 amide bonds. The van der Waals surface area contributed by atoms with E-state index in [0.717, 1.165) is 17.1 Å². The first-order valence-corrected chi connectivity index (χ1v) is 9.62. The lowest BCUT2D eigenvalue weighted by Gasteiger charge is -2.38. The highest BCUT2D eigenvalue weighted by molar-refractivity contribution is 5.89. The summed E-state index contributed by atoms with van der Waals surface area (Å²) < 4.78 is 11.6. The van der Waals surface area contributed by atoms with Crippen molar-refractivity contribution in [3.63, 3.8) is 0 Å². The van der Waals surface area contributed by atoms with E-state index in [2.05, 4.69) is 10.3 Å². The van der Waals surface area contributed by atoms with E-state index in [9.17, 15) is 4.79 Å². The van der Waals surface area contributed by atoms with Gasteiger partial charge in [0.1, 0.15) is 18.1 Å². The van der Waals surface area contributed by atoms with Crippen molar-refractivity contribution >= 4 is 11.7 Å². The van der Waals surface area contributed by atoms with Gasteiger partial charge in [-0.15, -0.1) is 0 Å². The number of aromatic nitrogens is 1. The Morgan fingerprint density at radius 1 is 0.966 bits per heavy atom. The third-order valence-corrected chi connectivity index (χ3v) is 4.71. The zero-order chi connectivity index (χ0) is 19.9. The number of rotatable bonds is 7. The number of anilines is 1. The normalized spacial score (nSPS) is 13.4. The van der Waals surface area contributed by atoms with Crippen molar-refractivity contribution in [1.82, 2.24) is 9.88 Å². The zero-order valence-electron chi connectivity index (χ0n) is 16.0. The number of amides is 2. The first-order valence-electron chi connectivity index (χ1n) is 9.62. The Balaban J connectivity index is 1.16. The van der Waals surface area contributed by atoms with E-state index < -0.39 is 0 Å². The summed E-state index contributed by atoms with van der Waals surface area (Å²) in [5, 5.41) is 2.84. The van der Waals surface area contributed by atoms with Crippen LogP contribution in [0, 0.1) is 5.92 Å². The van der Waals surface area contributed by atoms with Gasteiger partial charge >= 0.3 is 6.03 Å². The molecule has 1 aromatic heterocycles. The Bertz CT molecular complexity index is 911. The van der Waals surface area contributed by atoms with Crippen molar-refractivity contribution in [2.24, 2.45) is 5.92 Å². The maximum Gasteiger partial charge on any atom is 0.321 e. The number of ether oxygens (including phenoxy) is 2. The maximum atomic E-state index is 12.1. The van der Waals surface area contributed by atoms with Gasteiger partial charge in [0.25, 0.3) is 0 Å². The molecule has 2 aromatic carbocycles. The Labute approximate surface area is 170 Å². The summed E-state index contributed by atoms with van der Waals surface area (Å²) in [6.07, 6.45) is 3.31. The molecule has 6 nitrogen and oxygen atoms in total. The van der Waals surface area contributed by atoms with Crippen LogP contribution in [0.3, 0.4) is 0 Å². The summed E-state index contributed by atoms with van der Waals surface area (Å²) in [4.78, 5) is 17.9. The van der Waals surface area contributed by atoms with Gasteiger partial charge in [0.15, 0.2) is 0 Å². The molecule has 1 saturated heterocycles. The minimum Gasteiger partial charge on any atom is -0.493 e. The van der Waals surface area contributed by atoms with E-state index in [1.54, 1.807) is 23.4 Å². The van der Waals surface area contributed by atoms with Gasteiger partial charge < -0.3 is 19.7 Å².